The highest BCUT2D eigenvalue weighted by atomic mass is 35.5. The van der Waals surface area contributed by atoms with Crippen LogP contribution in [-0.2, 0) is 13.1 Å². The molecule has 4 heterocycles. The number of rotatable bonds is 5. The summed E-state index contributed by atoms with van der Waals surface area (Å²) in [5.41, 5.74) is 9.57. The SMILES string of the molecule is C1CNCCN1.CN.O=C(Nc1ccc(C(=O)N2Cc3ccc(C(=O)O)n3Cc3ccccc32)c(Cl)c1)c1cccc(-c2ccccn2)c1. The zero-order valence-electron chi connectivity index (χ0n) is 27.0. The first-order valence-electron chi connectivity index (χ1n) is 15.8. The van der Waals surface area contributed by atoms with Gasteiger partial charge < -0.3 is 36.3 Å². The van der Waals surface area contributed by atoms with E-state index >= 15 is 0 Å². The van der Waals surface area contributed by atoms with E-state index in [4.69, 9.17) is 11.6 Å². The number of aromatic carboxylic acids is 1. The summed E-state index contributed by atoms with van der Waals surface area (Å²) in [5.74, 6) is -1.69. The van der Waals surface area contributed by atoms with Crippen LogP contribution in [0.1, 0.15) is 42.5 Å². The van der Waals surface area contributed by atoms with E-state index in [9.17, 15) is 19.5 Å². The highest BCUT2D eigenvalue weighted by Gasteiger charge is 2.28. The average Bonchev–Trinajstić information content (AvgIpc) is 3.47. The zero-order chi connectivity index (χ0) is 34.8. The number of aromatic nitrogens is 2. The summed E-state index contributed by atoms with van der Waals surface area (Å²) in [6.45, 7) is 5.05. The lowest BCUT2D eigenvalue weighted by Crippen LogP contribution is -2.39. The average molecular weight is 680 g/mol. The number of anilines is 2. The highest BCUT2D eigenvalue weighted by molar-refractivity contribution is 6.35. The van der Waals surface area contributed by atoms with Gasteiger partial charge in [-0.15, -0.1) is 0 Å². The number of amides is 2. The van der Waals surface area contributed by atoms with Crippen molar-refractivity contribution in [2.75, 3.05) is 43.4 Å². The first kappa shape index (κ1) is 35.0. The summed E-state index contributed by atoms with van der Waals surface area (Å²) in [7, 11) is 1.50. The number of hydrogen-bond acceptors (Lipinski definition) is 7. The molecule has 12 heteroatoms. The molecule has 0 radical (unpaired) electrons. The van der Waals surface area contributed by atoms with Crippen LogP contribution in [0.25, 0.3) is 11.3 Å². The summed E-state index contributed by atoms with van der Waals surface area (Å²) < 4.78 is 1.71. The van der Waals surface area contributed by atoms with Crippen molar-refractivity contribution < 1.29 is 19.5 Å². The maximum atomic E-state index is 13.8. The van der Waals surface area contributed by atoms with Gasteiger partial charge in [0, 0.05) is 60.6 Å². The molecule has 0 saturated carbocycles. The fourth-order valence-electron chi connectivity index (χ4n) is 5.60. The smallest absolute Gasteiger partial charge is 0.352 e. The van der Waals surface area contributed by atoms with Crippen LogP contribution in [-0.4, -0.2) is 65.7 Å². The van der Waals surface area contributed by atoms with Gasteiger partial charge in [0.25, 0.3) is 11.8 Å². The van der Waals surface area contributed by atoms with Crippen LogP contribution in [0, 0.1) is 0 Å². The van der Waals surface area contributed by atoms with Crippen LogP contribution >= 0.6 is 11.6 Å². The number of nitrogens with two attached hydrogens (primary N) is 1. The number of halogens is 1. The summed E-state index contributed by atoms with van der Waals surface area (Å²) in [4.78, 5) is 44.6. The van der Waals surface area contributed by atoms with Crippen molar-refractivity contribution in [3.63, 3.8) is 0 Å². The summed E-state index contributed by atoms with van der Waals surface area (Å²) >= 11 is 6.60. The maximum Gasteiger partial charge on any atom is 0.352 e. The molecule has 49 heavy (non-hydrogen) atoms. The summed E-state index contributed by atoms with van der Waals surface area (Å²) in [5, 5.41) is 19.1. The molecule has 252 valence electrons. The Morgan fingerprint density at radius 2 is 1.57 bits per heavy atom. The van der Waals surface area contributed by atoms with E-state index in [2.05, 4.69) is 26.7 Å². The Hall–Kier alpha value is -5.33. The van der Waals surface area contributed by atoms with Crippen LogP contribution in [0.3, 0.4) is 0 Å². The molecule has 3 aromatic carbocycles. The van der Waals surface area contributed by atoms with E-state index in [1.165, 1.54) is 7.05 Å². The molecule has 2 aromatic heterocycles. The first-order valence-corrected chi connectivity index (χ1v) is 16.2. The van der Waals surface area contributed by atoms with E-state index in [1.807, 2.05) is 48.5 Å². The van der Waals surface area contributed by atoms with Crippen LogP contribution in [0.4, 0.5) is 11.4 Å². The molecule has 2 aliphatic rings. The molecule has 0 atom stereocenters. The van der Waals surface area contributed by atoms with Gasteiger partial charge in [-0.1, -0.05) is 48.0 Å². The summed E-state index contributed by atoms with van der Waals surface area (Å²) in [6, 6.07) is 28.2. The summed E-state index contributed by atoms with van der Waals surface area (Å²) in [6.07, 6.45) is 1.70. The molecule has 1 fully saturated rings. The van der Waals surface area contributed by atoms with E-state index in [0.717, 1.165) is 43.0 Å². The topological polar surface area (TPSA) is 155 Å². The largest absolute Gasteiger partial charge is 0.477 e. The number of benzene rings is 3. The molecule has 0 spiro atoms. The fourth-order valence-corrected chi connectivity index (χ4v) is 5.86. The van der Waals surface area contributed by atoms with Gasteiger partial charge >= 0.3 is 5.97 Å². The van der Waals surface area contributed by atoms with Gasteiger partial charge in [-0.25, -0.2) is 4.79 Å². The van der Waals surface area contributed by atoms with Crippen LogP contribution in [0.5, 0.6) is 0 Å². The Kier molecular flexibility index (Phi) is 11.9. The lowest BCUT2D eigenvalue weighted by atomic mass is 10.1. The number of carbonyl (C=O) groups is 3. The second kappa shape index (κ2) is 16.7. The van der Waals surface area contributed by atoms with Gasteiger partial charge in [0.15, 0.2) is 0 Å². The van der Waals surface area contributed by atoms with Crippen molar-refractivity contribution in [2.45, 2.75) is 13.1 Å². The lowest BCUT2D eigenvalue weighted by molar-refractivity contribution is 0.0685. The predicted octanol–water partition coefficient (Wildman–Crippen LogP) is 5.12. The number of carboxylic acid groups (broad SMARTS) is 1. The van der Waals surface area contributed by atoms with Crippen LogP contribution in [0.15, 0.2) is 103 Å². The number of piperazine rings is 1. The third-order valence-corrected chi connectivity index (χ3v) is 8.28. The Morgan fingerprint density at radius 1 is 0.837 bits per heavy atom. The second-order valence-electron chi connectivity index (χ2n) is 11.1. The van der Waals surface area contributed by atoms with Crippen LogP contribution < -0.4 is 26.6 Å². The second-order valence-corrected chi connectivity index (χ2v) is 11.5. The van der Waals surface area contributed by atoms with Crippen LogP contribution in [0.2, 0.25) is 5.02 Å². The molecule has 11 nitrogen and oxygen atoms in total. The van der Waals surface area contributed by atoms with E-state index in [-0.39, 0.29) is 34.6 Å². The molecular formula is C37H38ClN7O4. The third kappa shape index (κ3) is 8.40. The minimum absolute atomic E-state index is 0.160. The van der Waals surface area contributed by atoms with E-state index in [0.29, 0.717) is 29.2 Å². The quantitative estimate of drug-likeness (QED) is 0.172. The van der Waals surface area contributed by atoms with Gasteiger partial charge in [0.1, 0.15) is 5.69 Å². The molecule has 2 aliphatic heterocycles. The number of pyridine rings is 1. The van der Waals surface area contributed by atoms with Crippen molar-refractivity contribution >= 4 is 40.8 Å². The minimum Gasteiger partial charge on any atom is -0.477 e. The number of carbonyl (C=O) groups excluding carboxylic acids is 2. The molecule has 0 unspecified atom stereocenters. The number of fused-ring (bicyclic) bond motifs is 2. The van der Waals surface area contributed by atoms with Gasteiger partial charge in [-0.3, -0.25) is 14.6 Å². The van der Waals surface area contributed by atoms with Gasteiger partial charge in [0.05, 0.1) is 29.4 Å². The minimum atomic E-state index is -1.03. The van der Waals surface area contributed by atoms with Gasteiger partial charge in [-0.05, 0) is 73.3 Å². The molecule has 0 bridgehead atoms. The lowest BCUT2D eigenvalue weighted by Gasteiger charge is -2.23. The zero-order valence-corrected chi connectivity index (χ0v) is 27.8. The standard InChI is InChI=1S/C32H23ClN4O4.C4H10N2.CH5N/c33-26-17-23(35-30(38)21-8-5-7-20(16-21)27-9-3-4-15-34-27)11-13-25(26)31(39)37-19-24-12-14-29(32(40)41)36(24)18-22-6-1-2-10-28(22)37;1-2-6-4-3-5-1;1-2/h1-17H,18-19H2,(H,35,38)(H,40,41);5-6H,1-4H2;2H2,1H3. The molecule has 7 rings (SSSR count). The molecule has 1 saturated heterocycles. The van der Waals surface area contributed by atoms with Crippen molar-refractivity contribution in [2.24, 2.45) is 5.73 Å². The maximum absolute atomic E-state index is 13.8. The predicted molar refractivity (Wildman–Crippen MR) is 192 cm³/mol. The van der Waals surface area contributed by atoms with Gasteiger partial charge in [0.2, 0.25) is 0 Å². The van der Waals surface area contributed by atoms with Crippen molar-refractivity contribution in [1.82, 2.24) is 20.2 Å². The highest BCUT2D eigenvalue weighted by Crippen LogP contribution is 2.32. The number of carboxylic acids is 1. The Balaban J connectivity index is 0.000000522. The normalized spacial score (nSPS) is 13.2. The van der Waals surface area contributed by atoms with Crippen molar-refractivity contribution in [1.29, 1.82) is 0 Å². The Labute approximate surface area is 289 Å². The number of nitrogens with one attached hydrogen (secondary N) is 3. The fraction of sp³-hybridized carbons (Fsp3) is 0.189. The first-order chi connectivity index (χ1) is 23.9. The monoisotopic (exact) mass is 679 g/mol. The molecule has 5 aromatic rings. The number of nitrogens with zero attached hydrogens (tertiary/aromatic N) is 3. The molecular weight excluding hydrogens is 642 g/mol. The number of para-hydroxylation sites is 1. The third-order valence-electron chi connectivity index (χ3n) is 7.97. The molecule has 6 N–H and O–H groups in total. The van der Waals surface area contributed by atoms with E-state index < -0.39 is 5.97 Å². The van der Waals surface area contributed by atoms with Crippen molar-refractivity contribution in [3.8, 4) is 11.3 Å². The molecule has 2 amide bonds. The number of hydrogen-bond donors (Lipinski definition) is 5. The van der Waals surface area contributed by atoms with Crippen molar-refractivity contribution in [3.05, 3.63) is 136 Å². The Morgan fingerprint density at radius 3 is 2.24 bits per heavy atom. The van der Waals surface area contributed by atoms with E-state index in [1.54, 1.807) is 64.2 Å². The molecule has 0 aliphatic carbocycles. The Bertz CT molecular complexity index is 1910. The van der Waals surface area contributed by atoms with Gasteiger partial charge in [-0.2, -0.15) is 0 Å².